The van der Waals surface area contributed by atoms with Crippen LogP contribution in [0.25, 0.3) is 0 Å². The molecule has 0 aliphatic carbocycles. The van der Waals surface area contributed by atoms with E-state index in [1.54, 1.807) is 12.1 Å². The SMILES string of the molecule is CC(Nc1ccc(Cl)c(F)c1)c1cccc(Cl)c1Cl. The Bertz CT molecular complexity index is 601. The Labute approximate surface area is 126 Å². The van der Waals surface area contributed by atoms with Crippen molar-refractivity contribution in [2.45, 2.75) is 13.0 Å². The Balaban J connectivity index is 2.23. The van der Waals surface area contributed by atoms with Crippen molar-refractivity contribution in [3.05, 3.63) is 62.8 Å². The number of hydrogen-bond acceptors (Lipinski definition) is 1. The van der Waals surface area contributed by atoms with Crippen molar-refractivity contribution in [1.82, 2.24) is 0 Å². The van der Waals surface area contributed by atoms with Gasteiger partial charge in [0.15, 0.2) is 0 Å². The minimum atomic E-state index is -0.462. The molecule has 2 rings (SSSR count). The van der Waals surface area contributed by atoms with E-state index in [4.69, 9.17) is 34.8 Å². The van der Waals surface area contributed by atoms with Gasteiger partial charge >= 0.3 is 0 Å². The lowest BCUT2D eigenvalue weighted by Gasteiger charge is -2.17. The topological polar surface area (TPSA) is 12.0 Å². The van der Waals surface area contributed by atoms with Crippen LogP contribution in [0.15, 0.2) is 36.4 Å². The highest BCUT2D eigenvalue weighted by Crippen LogP contribution is 2.31. The van der Waals surface area contributed by atoms with E-state index in [9.17, 15) is 4.39 Å². The summed E-state index contributed by atoms with van der Waals surface area (Å²) in [5.41, 5.74) is 1.48. The van der Waals surface area contributed by atoms with Crippen molar-refractivity contribution in [2.24, 2.45) is 0 Å². The molecule has 1 atom stereocenters. The predicted molar refractivity (Wildman–Crippen MR) is 79.9 cm³/mol. The fourth-order valence-electron chi connectivity index (χ4n) is 1.77. The third kappa shape index (κ3) is 3.33. The summed E-state index contributed by atoms with van der Waals surface area (Å²) in [5, 5.41) is 4.24. The van der Waals surface area contributed by atoms with Gasteiger partial charge in [0.25, 0.3) is 0 Å². The lowest BCUT2D eigenvalue weighted by atomic mass is 10.1. The monoisotopic (exact) mass is 317 g/mol. The molecule has 19 heavy (non-hydrogen) atoms. The quantitative estimate of drug-likeness (QED) is 0.736. The van der Waals surface area contributed by atoms with Crippen LogP contribution < -0.4 is 5.32 Å². The van der Waals surface area contributed by atoms with E-state index in [1.807, 2.05) is 19.1 Å². The molecular formula is C14H11Cl3FN. The van der Waals surface area contributed by atoms with Gasteiger partial charge in [-0.05, 0) is 36.8 Å². The highest BCUT2D eigenvalue weighted by molar-refractivity contribution is 6.42. The molecule has 0 spiro atoms. The van der Waals surface area contributed by atoms with Crippen molar-refractivity contribution in [3.8, 4) is 0 Å². The number of benzene rings is 2. The van der Waals surface area contributed by atoms with Gasteiger partial charge in [-0.1, -0.05) is 46.9 Å². The van der Waals surface area contributed by atoms with Crippen molar-refractivity contribution >= 4 is 40.5 Å². The van der Waals surface area contributed by atoms with Crippen LogP contribution in [0, 0.1) is 5.82 Å². The zero-order valence-corrected chi connectivity index (χ0v) is 12.3. The molecule has 0 aromatic heterocycles. The summed E-state index contributed by atoms with van der Waals surface area (Å²) in [4.78, 5) is 0. The van der Waals surface area contributed by atoms with Gasteiger partial charge < -0.3 is 5.32 Å². The lowest BCUT2D eigenvalue weighted by molar-refractivity contribution is 0.628. The Morgan fingerprint density at radius 1 is 1.05 bits per heavy atom. The average molecular weight is 319 g/mol. The molecule has 2 aromatic carbocycles. The first-order valence-electron chi connectivity index (χ1n) is 5.64. The highest BCUT2D eigenvalue weighted by Gasteiger charge is 2.12. The van der Waals surface area contributed by atoms with E-state index in [1.165, 1.54) is 12.1 Å². The molecule has 1 N–H and O–H groups in total. The molecule has 0 fully saturated rings. The molecule has 0 bridgehead atoms. The molecule has 2 aromatic rings. The Kier molecular flexibility index (Phi) is 4.56. The summed E-state index contributed by atoms with van der Waals surface area (Å²) in [7, 11) is 0. The number of anilines is 1. The van der Waals surface area contributed by atoms with Crippen LogP contribution >= 0.6 is 34.8 Å². The largest absolute Gasteiger partial charge is 0.378 e. The number of hydrogen-bond donors (Lipinski definition) is 1. The molecule has 1 nitrogen and oxygen atoms in total. The molecule has 0 aliphatic rings. The van der Waals surface area contributed by atoms with Crippen LogP contribution in [0.2, 0.25) is 15.1 Å². The molecule has 100 valence electrons. The van der Waals surface area contributed by atoms with Crippen LogP contribution in [0.4, 0.5) is 10.1 Å². The maximum atomic E-state index is 13.4. The highest BCUT2D eigenvalue weighted by atomic mass is 35.5. The van der Waals surface area contributed by atoms with Gasteiger partial charge in [-0.3, -0.25) is 0 Å². The molecule has 0 amide bonds. The van der Waals surface area contributed by atoms with E-state index < -0.39 is 5.82 Å². The maximum Gasteiger partial charge on any atom is 0.143 e. The maximum absolute atomic E-state index is 13.4. The fraction of sp³-hybridized carbons (Fsp3) is 0.143. The van der Waals surface area contributed by atoms with Gasteiger partial charge in [-0.25, -0.2) is 4.39 Å². The second kappa shape index (κ2) is 6.00. The molecule has 0 radical (unpaired) electrons. The predicted octanol–water partition coefficient (Wildman–Crippen LogP) is 5.96. The zero-order valence-electron chi connectivity index (χ0n) is 10.1. The van der Waals surface area contributed by atoms with Crippen LogP contribution in [-0.4, -0.2) is 0 Å². The third-order valence-electron chi connectivity index (χ3n) is 2.75. The van der Waals surface area contributed by atoms with Gasteiger partial charge in [-0.2, -0.15) is 0 Å². The van der Waals surface area contributed by atoms with Gasteiger partial charge in [0.1, 0.15) is 5.82 Å². The second-order valence-electron chi connectivity index (χ2n) is 4.14. The van der Waals surface area contributed by atoms with Gasteiger partial charge in [-0.15, -0.1) is 0 Å². The Morgan fingerprint density at radius 2 is 1.79 bits per heavy atom. The molecule has 0 saturated heterocycles. The van der Waals surface area contributed by atoms with Crippen LogP contribution in [-0.2, 0) is 0 Å². The van der Waals surface area contributed by atoms with E-state index in [0.717, 1.165) is 5.56 Å². The van der Waals surface area contributed by atoms with Crippen molar-refractivity contribution in [3.63, 3.8) is 0 Å². The average Bonchev–Trinajstić information content (AvgIpc) is 2.37. The minimum Gasteiger partial charge on any atom is -0.378 e. The normalized spacial score (nSPS) is 12.3. The van der Waals surface area contributed by atoms with E-state index in [-0.39, 0.29) is 11.1 Å². The first-order chi connectivity index (χ1) is 8.99. The lowest BCUT2D eigenvalue weighted by Crippen LogP contribution is -2.07. The van der Waals surface area contributed by atoms with Crippen LogP contribution in [0.1, 0.15) is 18.5 Å². The molecule has 0 heterocycles. The summed E-state index contributed by atoms with van der Waals surface area (Å²) in [6.45, 7) is 1.92. The summed E-state index contributed by atoms with van der Waals surface area (Å²) in [6, 6.07) is 9.87. The second-order valence-corrected chi connectivity index (χ2v) is 5.33. The molecule has 5 heteroatoms. The minimum absolute atomic E-state index is 0.0963. The summed E-state index contributed by atoms with van der Waals surface area (Å²) < 4.78 is 13.4. The third-order valence-corrected chi connectivity index (χ3v) is 3.89. The summed E-state index contributed by atoms with van der Waals surface area (Å²) >= 11 is 17.8. The van der Waals surface area contributed by atoms with E-state index >= 15 is 0 Å². The van der Waals surface area contributed by atoms with Crippen LogP contribution in [0.5, 0.6) is 0 Å². The van der Waals surface area contributed by atoms with E-state index in [0.29, 0.717) is 15.7 Å². The summed E-state index contributed by atoms with van der Waals surface area (Å²) in [6.07, 6.45) is 0. The number of nitrogens with one attached hydrogen (secondary N) is 1. The van der Waals surface area contributed by atoms with Crippen molar-refractivity contribution < 1.29 is 4.39 Å². The van der Waals surface area contributed by atoms with Gasteiger partial charge in [0.05, 0.1) is 21.1 Å². The van der Waals surface area contributed by atoms with Crippen molar-refractivity contribution in [2.75, 3.05) is 5.32 Å². The number of rotatable bonds is 3. The standard InChI is InChI=1S/C14H11Cl3FN/c1-8(10-3-2-4-12(16)14(10)17)19-9-5-6-11(15)13(18)7-9/h2-8,19H,1H3. The zero-order chi connectivity index (χ0) is 14.0. The number of halogens is 4. The van der Waals surface area contributed by atoms with Crippen LogP contribution in [0.3, 0.4) is 0 Å². The van der Waals surface area contributed by atoms with E-state index in [2.05, 4.69) is 5.32 Å². The Hall–Kier alpha value is -0.960. The fourth-order valence-corrected chi connectivity index (χ4v) is 2.36. The van der Waals surface area contributed by atoms with Gasteiger partial charge in [0.2, 0.25) is 0 Å². The Morgan fingerprint density at radius 3 is 2.47 bits per heavy atom. The molecule has 0 aliphatic heterocycles. The summed E-state index contributed by atoms with van der Waals surface area (Å²) in [5.74, 6) is -0.462. The molecular weight excluding hydrogens is 308 g/mol. The van der Waals surface area contributed by atoms with Crippen molar-refractivity contribution in [1.29, 1.82) is 0 Å². The smallest absolute Gasteiger partial charge is 0.143 e. The molecule has 1 unspecified atom stereocenters. The first-order valence-corrected chi connectivity index (χ1v) is 6.78. The molecule has 0 saturated carbocycles. The first kappa shape index (κ1) is 14.4. The van der Waals surface area contributed by atoms with Gasteiger partial charge in [0, 0.05) is 5.69 Å².